The van der Waals surface area contributed by atoms with E-state index in [-0.39, 0.29) is 17.3 Å². The molecule has 2 heterocycles. The van der Waals surface area contributed by atoms with Crippen LogP contribution in [-0.4, -0.2) is 74.5 Å². The van der Waals surface area contributed by atoms with E-state index < -0.39 is 5.60 Å². The van der Waals surface area contributed by atoms with Crippen LogP contribution in [0.15, 0.2) is 53.8 Å². The first kappa shape index (κ1) is 33.0. The number of hydrogen-bond donors (Lipinski definition) is 1. The Hall–Kier alpha value is -3.36. The molecule has 8 nitrogen and oxygen atoms in total. The summed E-state index contributed by atoms with van der Waals surface area (Å²) in [4.78, 5) is 29.0. The van der Waals surface area contributed by atoms with Gasteiger partial charge in [0.1, 0.15) is 11.4 Å². The molecule has 1 atom stereocenters. The van der Waals surface area contributed by atoms with Crippen molar-refractivity contribution in [2.24, 2.45) is 0 Å². The molecule has 1 aromatic heterocycles. The predicted octanol–water partition coefficient (Wildman–Crippen LogP) is 6.40. The molecule has 1 saturated carbocycles. The van der Waals surface area contributed by atoms with Gasteiger partial charge in [-0.25, -0.2) is 4.79 Å². The van der Waals surface area contributed by atoms with Crippen LogP contribution in [0.2, 0.25) is 0 Å². The van der Waals surface area contributed by atoms with Gasteiger partial charge in [0.25, 0.3) is 5.91 Å². The Bertz CT molecular complexity index is 1490. The average Bonchev–Trinajstić information content (AvgIpc) is 3.27. The van der Waals surface area contributed by atoms with E-state index in [1.807, 2.05) is 47.0 Å². The average molecular weight is 618 g/mol. The minimum atomic E-state index is -0.596. The van der Waals surface area contributed by atoms with Crippen LogP contribution in [0.4, 0.5) is 0 Å². The lowest BCUT2D eigenvalue weighted by Gasteiger charge is -2.35. The number of nitrogens with one attached hydrogen (secondary N) is 1. The van der Waals surface area contributed by atoms with E-state index in [0.717, 1.165) is 42.7 Å². The van der Waals surface area contributed by atoms with Crippen LogP contribution in [0.3, 0.4) is 0 Å². The van der Waals surface area contributed by atoms with Crippen LogP contribution in [0.1, 0.15) is 93.3 Å². The number of benzene rings is 1. The van der Waals surface area contributed by atoms with E-state index >= 15 is 0 Å². The van der Waals surface area contributed by atoms with Crippen molar-refractivity contribution in [2.75, 3.05) is 47.5 Å². The lowest BCUT2D eigenvalue weighted by atomic mass is 9.71. The van der Waals surface area contributed by atoms with Crippen LogP contribution in [0, 0.1) is 0 Å². The topological polar surface area (TPSA) is 82.0 Å². The van der Waals surface area contributed by atoms with Crippen molar-refractivity contribution >= 4 is 22.8 Å². The summed E-state index contributed by atoms with van der Waals surface area (Å²) in [6, 6.07) is 6.03. The minimum Gasteiger partial charge on any atom is -0.497 e. The molecule has 0 radical (unpaired) electrons. The fourth-order valence-corrected chi connectivity index (χ4v) is 7.10. The zero-order valence-electron chi connectivity index (χ0n) is 28.0. The first-order valence-corrected chi connectivity index (χ1v) is 16.6. The molecule has 1 fully saturated rings. The smallest absolute Gasteiger partial charge is 0.338 e. The third-order valence-electron chi connectivity index (χ3n) is 9.42. The molecule has 3 aliphatic rings. The quantitative estimate of drug-likeness (QED) is 0.246. The number of aromatic nitrogens is 1. The Morgan fingerprint density at radius 2 is 1.84 bits per heavy atom. The van der Waals surface area contributed by atoms with Crippen molar-refractivity contribution in [1.82, 2.24) is 14.8 Å². The zero-order valence-corrected chi connectivity index (χ0v) is 28.0. The summed E-state index contributed by atoms with van der Waals surface area (Å²) in [6.07, 6.45) is 16.2. The van der Waals surface area contributed by atoms with Gasteiger partial charge in [-0.15, -0.1) is 0 Å². The van der Waals surface area contributed by atoms with Gasteiger partial charge in [0, 0.05) is 47.7 Å². The van der Waals surface area contributed by atoms with Crippen molar-refractivity contribution in [1.29, 1.82) is 0 Å². The highest BCUT2D eigenvalue weighted by Gasteiger charge is 2.41. The fraction of sp³-hybridized carbons (Fsp3) is 0.568. The number of fused-ring (bicyclic) bond motifs is 4. The number of esters is 1. The lowest BCUT2D eigenvalue weighted by molar-refractivity contribution is -0.126. The molecule has 1 amide bonds. The molecule has 2 aliphatic carbocycles. The van der Waals surface area contributed by atoms with Gasteiger partial charge in [0.05, 0.1) is 32.4 Å². The molecular weight excluding hydrogens is 566 g/mol. The Morgan fingerprint density at radius 3 is 2.51 bits per heavy atom. The van der Waals surface area contributed by atoms with Crippen LogP contribution in [0.5, 0.6) is 0 Å². The van der Waals surface area contributed by atoms with E-state index in [2.05, 4.69) is 40.3 Å². The SMILES string of the molecule is CNCCOCCN(C)C(=O)C1=CCC2(C=CC(OC)=CC2)c2c(C3CCCCC3)c3ccc(C(=O)OC(C)(C)C)cc3n2C1. The zero-order chi connectivity index (χ0) is 32.2. The molecular formula is C37H51N3O5. The molecule has 0 saturated heterocycles. The van der Waals surface area contributed by atoms with Crippen molar-refractivity contribution in [3.63, 3.8) is 0 Å². The third kappa shape index (κ3) is 7.23. The molecule has 8 heteroatoms. The maximum absolute atomic E-state index is 14.0. The Morgan fingerprint density at radius 1 is 1.09 bits per heavy atom. The van der Waals surface area contributed by atoms with Gasteiger partial charge < -0.3 is 29.0 Å². The number of allylic oxidation sites excluding steroid dienone is 4. The Labute approximate surface area is 268 Å². The summed E-state index contributed by atoms with van der Waals surface area (Å²) in [5, 5.41) is 4.26. The van der Waals surface area contributed by atoms with E-state index in [9.17, 15) is 9.59 Å². The van der Waals surface area contributed by atoms with Gasteiger partial charge in [0.15, 0.2) is 0 Å². The molecule has 1 unspecified atom stereocenters. The molecule has 1 aliphatic heterocycles. The molecule has 1 N–H and O–H groups in total. The maximum atomic E-state index is 14.0. The summed E-state index contributed by atoms with van der Waals surface area (Å²) in [5.41, 5.74) is 3.99. The van der Waals surface area contributed by atoms with Crippen molar-refractivity contribution < 1.29 is 23.8 Å². The summed E-state index contributed by atoms with van der Waals surface area (Å²) >= 11 is 0. The minimum absolute atomic E-state index is 0.00694. The van der Waals surface area contributed by atoms with Gasteiger partial charge in [-0.05, 0) is 89.3 Å². The van der Waals surface area contributed by atoms with Crippen LogP contribution >= 0.6 is 0 Å². The molecule has 1 spiro atoms. The van der Waals surface area contributed by atoms with Gasteiger partial charge in [-0.1, -0.05) is 37.5 Å². The van der Waals surface area contributed by atoms with Gasteiger partial charge >= 0.3 is 5.97 Å². The normalized spacial score (nSPS) is 20.4. The van der Waals surface area contributed by atoms with Gasteiger partial charge in [-0.3, -0.25) is 4.79 Å². The summed E-state index contributed by atoms with van der Waals surface area (Å²) in [6.45, 7) is 8.48. The highest BCUT2D eigenvalue weighted by atomic mass is 16.6. The van der Waals surface area contributed by atoms with Crippen LogP contribution in [0.25, 0.3) is 10.9 Å². The van der Waals surface area contributed by atoms with Crippen molar-refractivity contribution in [3.8, 4) is 0 Å². The third-order valence-corrected chi connectivity index (χ3v) is 9.42. The molecule has 244 valence electrons. The molecule has 5 rings (SSSR count). The Balaban J connectivity index is 1.63. The van der Waals surface area contributed by atoms with Crippen LogP contribution < -0.4 is 5.32 Å². The second-order valence-corrected chi connectivity index (χ2v) is 13.8. The number of nitrogens with zero attached hydrogens (tertiary/aromatic N) is 2. The number of carbonyl (C=O) groups excluding carboxylic acids is 2. The van der Waals surface area contributed by atoms with E-state index in [4.69, 9.17) is 14.2 Å². The van der Waals surface area contributed by atoms with Crippen molar-refractivity contribution in [3.05, 3.63) is 70.7 Å². The highest BCUT2D eigenvalue weighted by Crippen LogP contribution is 2.50. The monoisotopic (exact) mass is 617 g/mol. The van der Waals surface area contributed by atoms with E-state index in [1.165, 1.54) is 35.9 Å². The number of ether oxygens (including phenoxy) is 3. The number of amides is 1. The summed E-state index contributed by atoms with van der Waals surface area (Å²) in [7, 11) is 5.45. The summed E-state index contributed by atoms with van der Waals surface area (Å²) in [5.74, 6) is 0.958. The van der Waals surface area contributed by atoms with E-state index in [0.29, 0.717) is 44.2 Å². The summed E-state index contributed by atoms with van der Waals surface area (Å²) < 4.78 is 19.5. The van der Waals surface area contributed by atoms with Gasteiger partial charge in [-0.2, -0.15) is 0 Å². The van der Waals surface area contributed by atoms with Crippen LogP contribution in [-0.2, 0) is 31.0 Å². The molecule has 2 aromatic rings. The number of rotatable bonds is 10. The number of likely N-dealkylation sites (N-methyl/N-ethyl adjacent to an activating group) is 2. The number of methoxy groups -OCH3 is 1. The lowest BCUT2D eigenvalue weighted by Crippen LogP contribution is -2.33. The predicted molar refractivity (Wildman–Crippen MR) is 179 cm³/mol. The second-order valence-electron chi connectivity index (χ2n) is 13.8. The largest absolute Gasteiger partial charge is 0.497 e. The fourth-order valence-electron chi connectivity index (χ4n) is 7.10. The molecule has 0 bridgehead atoms. The second kappa shape index (κ2) is 14.0. The molecule has 1 aromatic carbocycles. The number of carbonyl (C=O) groups is 2. The maximum Gasteiger partial charge on any atom is 0.338 e. The Kier molecular flexibility index (Phi) is 10.2. The standard InChI is InChI=1S/C37H51N3O5/c1-36(2,3)45-35(42)27-12-13-30-31(24-27)40-25-28(34(41)39(5)21-23-44-22-20-38-4)14-17-37(18-15-29(43-6)16-19-37)33(40)32(30)26-10-8-7-9-11-26/h12-16,18,24,26,38H,7-11,17,19-23,25H2,1-6H3. The number of hydrogen-bond acceptors (Lipinski definition) is 6. The molecule has 45 heavy (non-hydrogen) atoms. The first-order chi connectivity index (χ1) is 21.6. The van der Waals surface area contributed by atoms with Gasteiger partial charge in [0.2, 0.25) is 0 Å². The van der Waals surface area contributed by atoms with E-state index in [1.54, 1.807) is 12.0 Å². The highest BCUT2D eigenvalue weighted by molar-refractivity contribution is 5.98. The first-order valence-electron chi connectivity index (χ1n) is 16.6. The van der Waals surface area contributed by atoms with Crippen molar-refractivity contribution in [2.45, 2.75) is 89.2 Å².